The van der Waals surface area contributed by atoms with Crippen LogP contribution in [-0.2, 0) is 9.84 Å². The first kappa shape index (κ1) is 22.3. The number of sulfone groups is 1. The maximum atomic E-state index is 11.2. The molecule has 1 aliphatic heterocycles. The van der Waals surface area contributed by atoms with E-state index in [1.54, 1.807) is 7.05 Å². The lowest BCUT2D eigenvalue weighted by atomic mass is 10.2. The van der Waals surface area contributed by atoms with E-state index in [-0.39, 0.29) is 29.7 Å². The third kappa shape index (κ3) is 7.57. The zero-order chi connectivity index (χ0) is 17.6. The summed E-state index contributed by atoms with van der Waals surface area (Å²) in [7, 11) is -1.15. The second kappa shape index (κ2) is 10.4. The average molecular weight is 501 g/mol. The van der Waals surface area contributed by atoms with E-state index in [0.717, 1.165) is 42.8 Å². The number of nitrogens with one attached hydrogen (secondary N) is 1. The number of hydrogen-bond acceptors (Lipinski definition) is 4. The topological polar surface area (TPSA) is 65.0 Å². The minimum atomic E-state index is -2.91. The molecule has 0 spiro atoms. The summed E-state index contributed by atoms with van der Waals surface area (Å²) in [5, 5.41) is 4.00. The summed E-state index contributed by atoms with van der Waals surface area (Å²) in [5.74, 6) is 1.02. The molecule has 1 aromatic rings. The highest BCUT2D eigenvalue weighted by molar-refractivity contribution is 14.0. The highest BCUT2D eigenvalue weighted by Gasteiger charge is 2.19. The van der Waals surface area contributed by atoms with Crippen LogP contribution in [0.5, 0.6) is 0 Å². The quantitative estimate of drug-likeness (QED) is 0.290. The van der Waals surface area contributed by atoms with Crippen LogP contribution in [0.1, 0.15) is 6.42 Å². The van der Waals surface area contributed by atoms with Gasteiger partial charge in [0.2, 0.25) is 0 Å². The fraction of sp³-hybridized carbons (Fsp3) is 0.562. The van der Waals surface area contributed by atoms with Crippen molar-refractivity contribution in [1.82, 2.24) is 10.2 Å². The Kier molecular flexibility index (Phi) is 9.29. The second-order valence-corrected chi connectivity index (χ2v) is 8.61. The number of hydrogen-bond donors (Lipinski definition) is 1. The van der Waals surface area contributed by atoms with Gasteiger partial charge in [-0.2, -0.15) is 0 Å². The van der Waals surface area contributed by atoms with E-state index in [1.165, 1.54) is 6.26 Å². The Morgan fingerprint density at radius 1 is 1.28 bits per heavy atom. The van der Waals surface area contributed by atoms with Gasteiger partial charge >= 0.3 is 0 Å². The molecule has 0 unspecified atom stereocenters. The summed E-state index contributed by atoms with van der Waals surface area (Å²) < 4.78 is 22.3. The SMILES string of the molecule is CN=C(NCCCS(C)(=O)=O)N1CCN(c2cccc(Cl)c2)CC1.I. The van der Waals surface area contributed by atoms with E-state index in [9.17, 15) is 8.42 Å². The number of benzene rings is 1. The first-order chi connectivity index (χ1) is 11.4. The van der Waals surface area contributed by atoms with E-state index >= 15 is 0 Å². The summed E-state index contributed by atoms with van der Waals surface area (Å²) in [4.78, 5) is 8.80. The van der Waals surface area contributed by atoms with E-state index in [4.69, 9.17) is 11.6 Å². The van der Waals surface area contributed by atoms with E-state index < -0.39 is 9.84 Å². The van der Waals surface area contributed by atoms with Crippen molar-refractivity contribution >= 4 is 57.1 Å². The molecule has 0 aliphatic carbocycles. The van der Waals surface area contributed by atoms with Gasteiger partial charge in [-0.15, -0.1) is 24.0 Å². The molecular formula is C16H26ClIN4O2S. The van der Waals surface area contributed by atoms with Gasteiger partial charge in [0.05, 0.1) is 5.75 Å². The van der Waals surface area contributed by atoms with Gasteiger partial charge in [-0.05, 0) is 24.6 Å². The monoisotopic (exact) mass is 500 g/mol. The van der Waals surface area contributed by atoms with Gasteiger partial charge in [0.15, 0.2) is 5.96 Å². The molecule has 25 heavy (non-hydrogen) atoms. The molecule has 0 amide bonds. The Morgan fingerprint density at radius 2 is 1.96 bits per heavy atom. The van der Waals surface area contributed by atoms with Crippen LogP contribution in [0.4, 0.5) is 5.69 Å². The summed E-state index contributed by atoms with van der Waals surface area (Å²) in [5.41, 5.74) is 1.14. The van der Waals surface area contributed by atoms with E-state index in [1.807, 2.05) is 18.2 Å². The minimum absolute atomic E-state index is 0. The highest BCUT2D eigenvalue weighted by Crippen LogP contribution is 2.20. The number of rotatable bonds is 5. The molecule has 1 heterocycles. The first-order valence-corrected chi connectivity index (χ1v) is 10.5. The molecular weight excluding hydrogens is 475 g/mol. The summed E-state index contributed by atoms with van der Waals surface area (Å²) in [6, 6.07) is 7.89. The van der Waals surface area contributed by atoms with Gasteiger partial charge in [0.1, 0.15) is 9.84 Å². The number of halogens is 2. The third-order valence-corrected chi connectivity index (χ3v) is 5.20. The molecule has 0 radical (unpaired) electrons. The number of aliphatic imine (C=N–C) groups is 1. The van der Waals surface area contributed by atoms with Crippen LogP contribution in [0.25, 0.3) is 0 Å². The lowest BCUT2D eigenvalue weighted by Gasteiger charge is -2.37. The van der Waals surface area contributed by atoms with Crippen molar-refractivity contribution in [2.24, 2.45) is 4.99 Å². The molecule has 1 aliphatic rings. The van der Waals surface area contributed by atoms with Crippen molar-refractivity contribution < 1.29 is 8.42 Å². The van der Waals surface area contributed by atoms with Crippen molar-refractivity contribution in [3.05, 3.63) is 29.3 Å². The molecule has 0 atom stereocenters. The average Bonchev–Trinajstić information content (AvgIpc) is 2.54. The lowest BCUT2D eigenvalue weighted by Crippen LogP contribution is -2.52. The van der Waals surface area contributed by atoms with E-state index in [2.05, 4.69) is 26.2 Å². The fourth-order valence-electron chi connectivity index (χ4n) is 2.72. The predicted octanol–water partition coefficient (Wildman–Crippen LogP) is 2.09. The molecule has 1 N–H and O–H groups in total. The van der Waals surface area contributed by atoms with Crippen LogP contribution in [0.2, 0.25) is 5.02 Å². The largest absolute Gasteiger partial charge is 0.368 e. The summed E-state index contributed by atoms with van der Waals surface area (Å²) in [6.45, 7) is 4.11. The summed E-state index contributed by atoms with van der Waals surface area (Å²) in [6.07, 6.45) is 1.84. The van der Waals surface area contributed by atoms with Crippen molar-refractivity contribution in [1.29, 1.82) is 0 Å². The standard InChI is InChI=1S/C16H25ClN4O2S.HI/c1-18-16(19-7-4-12-24(2,22)23)21-10-8-20(9-11-21)15-6-3-5-14(17)13-15;/h3,5-6,13H,4,7-12H2,1-2H3,(H,18,19);1H. The molecule has 0 aromatic heterocycles. The maximum absolute atomic E-state index is 11.2. The number of anilines is 1. The van der Waals surface area contributed by atoms with Crippen molar-refractivity contribution in [3.8, 4) is 0 Å². The smallest absolute Gasteiger partial charge is 0.193 e. The minimum Gasteiger partial charge on any atom is -0.368 e. The molecule has 0 saturated carbocycles. The number of piperazine rings is 1. The molecule has 1 saturated heterocycles. The van der Waals surface area contributed by atoms with Crippen molar-refractivity contribution in [3.63, 3.8) is 0 Å². The van der Waals surface area contributed by atoms with Gasteiger partial charge in [0, 0.05) is 56.7 Å². The molecule has 6 nitrogen and oxygen atoms in total. The van der Waals surface area contributed by atoms with Gasteiger partial charge < -0.3 is 15.1 Å². The Morgan fingerprint density at radius 3 is 2.52 bits per heavy atom. The molecule has 0 bridgehead atoms. The Balaban J connectivity index is 0.00000312. The van der Waals surface area contributed by atoms with Crippen LogP contribution in [0.3, 0.4) is 0 Å². The Bertz CT molecular complexity index is 676. The van der Waals surface area contributed by atoms with Crippen LogP contribution >= 0.6 is 35.6 Å². The molecule has 9 heteroatoms. The molecule has 2 rings (SSSR count). The predicted molar refractivity (Wildman–Crippen MR) is 116 cm³/mol. The second-order valence-electron chi connectivity index (χ2n) is 5.91. The van der Waals surface area contributed by atoms with E-state index in [0.29, 0.717) is 13.0 Å². The van der Waals surface area contributed by atoms with Crippen LogP contribution in [0, 0.1) is 0 Å². The molecule has 1 fully saturated rings. The third-order valence-electron chi connectivity index (χ3n) is 3.94. The van der Waals surface area contributed by atoms with Crippen molar-refractivity contribution in [2.45, 2.75) is 6.42 Å². The Hall–Kier alpha value is -0.740. The molecule has 142 valence electrons. The van der Waals surface area contributed by atoms with Crippen LogP contribution < -0.4 is 10.2 Å². The van der Waals surface area contributed by atoms with Crippen molar-refractivity contribution in [2.75, 3.05) is 56.7 Å². The Labute approximate surface area is 172 Å². The van der Waals surface area contributed by atoms with Gasteiger partial charge in [-0.1, -0.05) is 17.7 Å². The first-order valence-electron chi connectivity index (χ1n) is 8.03. The van der Waals surface area contributed by atoms with Crippen LogP contribution in [-0.4, -0.2) is 71.1 Å². The zero-order valence-electron chi connectivity index (χ0n) is 14.6. The normalized spacial score (nSPS) is 15.7. The van der Waals surface area contributed by atoms with Gasteiger partial charge in [-0.25, -0.2) is 8.42 Å². The lowest BCUT2D eigenvalue weighted by molar-refractivity contribution is 0.373. The number of guanidine groups is 1. The van der Waals surface area contributed by atoms with Crippen LogP contribution in [0.15, 0.2) is 29.3 Å². The highest BCUT2D eigenvalue weighted by atomic mass is 127. The number of nitrogens with zero attached hydrogens (tertiary/aromatic N) is 3. The molecule has 1 aromatic carbocycles. The maximum Gasteiger partial charge on any atom is 0.193 e. The zero-order valence-corrected chi connectivity index (χ0v) is 18.5. The van der Waals surface area contributed by atoms with Gasteiger partial charge in [0.25, 0.3) is 0 Å². The summed E-state index contributed by atoms with van der Waals surface area (Å²) >= 11 is 6.06. The van der Waals surface area contributed by atoms with Gasteiger partial charge in [-0.3, -0.25) is 4.99 Å². The fourth-order valence-corrected chi connectivity index (χ4v) is 3.57.